The number of ether oxygens (including phenoxy) is 4. The van der Waals surface area contributed by atoms with Crippen molar-refractivity contribution in [3.8, 4) is 11.5 Å². The van der Waals surface area contributed by atoms with Crippen molar-refractivity contribution in [3.05, 3.63) is 23.8 Å². The molecule has 136 valence electrons. The van der Waals surface area contributed by atoms with Crippen molar-refractivity contribution in [2.24, 2.45) is 0 Å². The van der Waals surface area contributed by atoms with Gasteiger partial charge < -0.3 is 29.4 Å². The van der Waals surface area contributed by atoms with Crippen LogP contribution >= 0.6 is 0 Å². The molecule has 0 spiro atoms. The maximum atomic E-state index is 9.94. The van der Waals surface area contributed by atoms with E-state index in [1.54, 1.807) is 14.2 Å². The number of aliphatic hydroxyl groups excluding tert-OH is 1. The van der Waals surface area contributed by atoms with Crippen molar-refractivity contribution >= 4 is 0 Å². The lowest BCUT2D eigenvalue weighted by Gasteiger charge is -2.13. The van der Waals surface area contributed by atoms with E-state index in [9.17, 15) is 5.11 Å². The van der Waals surface area contributed by atoms with Crippen molar-refractivity contribution < 1.29 is 29.4 Å². The standard InChI is InChI=1S/C18H29NO5/c1-21-17-6-5-14(10-18(17)22-2)7-8-19-11-15(20)12-23-13-16-4-3-9-24-16/h5-6,10,15-16,19-20H,3-4,7-9,11-13H2,1-2H3/p+1/t15-,16-/m1/s1. The second-order valence-corrected chi connectivity index (χ2v) is 6.08. The molecule has 0 aromatic heterocycles. The minimum absolute atomic E-state index is 0.214. The lowest BCUT2D eigenvalue weighted by atomic mass is 10.1. The predicted molar refractivity (Wildman–Crippen MR) is 90.7 cm³/mol. The zero-order chi connectivity index (χ0) is 17.2. The van der Waals surface area contributed by atoms with Gasteiger partial charge in [0.1, 0.15) is 12.6 Å². The van der Waals surface area contributed by atoms with E-state index >= 15 is 0 Å². The van der Waals surface area contributed by atoms with Gasteiger partial charge in [0.15, 0.2) is 11.5 Å². The maximum absolute atomic E-state index is 9.94. The second kappa shape index (κ2) is 10.5. The van der Waals surface area contributed by atoms with Gasteiger partial charge in [0.25, 0.3) is 0 Å². The van der Waals surface area contributed by atoms with E-state index in [0.29, 0.717) is 19.8 Å². The van der Waals surface area contributed by atoms with Crippen molar-refractivity contribution in [3.63, 3.8) is 0 Å². The highest BCUT2D eigenvalue weighted by Crippen LogP contribution is 2.27. The molecule has 1 fully saturated rings. The van der Waals surface area contributed by atoms with Gasteiger partial charge in [-0.25, -0.2) is 0 Å². The molecule has 0 saturated carbocycles. The molecular formula is C18H30NO5+. The molecule has 0 bridgehead atoms. The summed E-state index contributed by atoms with van der Waals surface area (Å²) in [6, 6.07) is 5.95. The summed E-state index contributed by atoms with van der Waals surface area (Å²) in [5.74, 6) is 1.49. The molecule has 2 atom stereocenters. The van der Waals surface area contributed by atoms with E-state index in [-0.39, 0.29) is 6.10 Å². The van der Waals surface area contributed by atoms with Crippen molar-refractivity contribution in [1.29, 1.82) is 0 Å². The highest BCUT2D eigenvalue weighted by atomic mass is 16.5. The molecule has 2 rings (SSSR count). The lowest BCUT2D eigenvalue weighted by Crippen LogP contribution is -2.87. The van der Waals surface area contributed by atoms with E-state index < -0.39 is 6.10 Å². The fraction of sp³-hybridized carbons (Fsp3) is 0.667. The molecule has 1 saturated heterocycles. The first-order chi connectivity index (χ1) is 11.7. The number of methoxy groups -OCH3 is 2. The first kappa shape index (κ1) is 19.0. The van der Waals surface area contributed by atoms with Gasteiger partial charge in [0.2, 0.25) is 0 Å². The number of rotatable bonds is 11. The van der Waals surface area contributed by atoms with E-state index in [4.69, 9.17) is 18.9 Å². The van der Waals surface area contributed by atoms with Gasteiger partial charge >= 0.3 is 0 Å². The number of aliphatic hydroxyl groups is 1. The monoisotopic (exact) mass is 340 g/mol. The first-order valence-corrected chi connectivity index (χ1v) is 8.63. The normalized spacial score (nSPS) is 18.5. The molecule has 24 heavy (non-hydrogen) atoms. The van der Waals surface area contributed by atoms with Crippen LogP contribution in [0, 0.1) is 0 Å². The quantitative estimate of drug-likeness (QED) is 0.569. The summed E-state index contributed by atoms with van der Waals surface area (Å²) in [6.07, 6.45) is 2.85. The number of nitrogens with two attached hydrogens (primary N) is 1. The number of benzene rings is 1. The molecule has 0 unspecified atom stereocenters. The fourth-order valence-corrected chi connectivity index (χ4v) is 2.79. The van der Waals surface area contributed by atoms with Gasteiger partial charge in [-0.2, -0.15) is 0 Å². The van der Waals surface area contributed by atoms with Crippen LogP contribution in [-0.4, -0.2) is 64.4 Å². The van der Waals surface area contributed by atoms with Crippen LogP contribution in [0.15, 0.2) is 18.2 Å². The van der Waals surface area contributed by atoms with Gasteiger partial charge in [-0.05, 0) is 30.5 Å². The lowest BCUT2D eigenvalue weighted by molar-refractivity contribution is -0.660. The largest absolute Gasteiger partial charge is 0.493 e. The van der Waals surface area contributed by atoms with E-state index in [1.807, 2.05) is 18.2 Å². The average molecular weight is 340 g/mol. The maximum Gasteiger partial charge on any atom is 0.160 e. The summed E-state index contributed by atoms with van der Waals surface area (Å²) in [5, 5.41) is 12.0. The molecule has 1 aliphatic heterocycles. The van der Waals surface area contributed by atoms with Gasteiger partial charge in [0.05, 0.1) is 40.1 Å². The Hall–Kier alpha value is -1.34. The SMILES string of the molecule is COc1ccc(CC[NH2+]C[C@@H](O)COC[C@H]2CCCO2)cc1OC. The molecule has 0 radical (unpaired) electrons. The molecule has 6 nitrogen and oxygen atoms in total. The minimum Gasteiger partial charge on any atom is -0.493 e. The number of quaternary nitrogens is 1. The Kier molecular flexibility index (Phi) is 8.32. The number of hydrogen-bond donors (Lipinski definition) is 2. The van der Waals surface area contributed by atoms with E-state index in [2.05, 4.69) is 5.32 Å². The third-order valence-electron chi connectivity index (χ3n) is 4.16. The summed E-state index contributed by atoms with van der Waals surface area (Å²) < 4.78 is 21.5. The summed E-state index contributed by atoms with van der Waals surface area (Å²) >= 11 is 0. The highest BCUT2D eigenvalue weighted by Gasteiger charge is 2.16. The van der Waals surface area contributed by atoms with Gasteiger partial charge in [-0.1, -0.05) is 6.07 Å². The zero-order valence-electron chi connectivity index (χ0n) is 14.7. The zero-order valence-corrected chi connectivity index (χ0v) is 14.7. The predicted octanol–water partition coefficient (Wildman–Crippen LogP) is 0.366. The molecular weight excluding hydrogens is 310 g/mol. The van der Waals surface area contributed by atoms with E-state index in [1.165, 1.54) is 5.56 Å². The third kappa shape index (κ3) is 6.28. The van der Waals surface area contributed by atoms with Crippen molar-refractivity contribution in [2.45, 2.75) is 31.5 Å². The van der Waals surface area contributed by atoms with Crippen LogP contribution in [0.3, 0.4) is 0 Å². The molecule has 1 heterocycles. The van der Waals surface area contributed by atoms with Gasteiger partial charge in [-0.3, -0.25) is 0 Å². The Morgan fingerprint density at radius 1 is 1.29 bits per heavy atom. The average Bonchev–Trinajstić information content (AvgIpc) is 3.12. The summed E-state index contributed by atoms with van der Waals surface area (Å²) in [4.78, 5) is 0. The van der Waals surface area contributed by atoms with Crippen LogP contribution in [0.4, 0.5) is 0 Å². The number of hydrogen-bond acceptors (Lipinski definition) is 5. The second-order valence-electron chi connectivity index (χ2n) is 6.08. The van der Waals surface area contributed by atoms with E-state index in [0.717, 1.165) is 43.9 Å². The Labute approximate surface area is 144 Å². The molecule has 1 aromatic carbocycles. The van der Waals surface area contributed by atoms with Crippen LogP contribution < -0.4 is 14.8 Å². The third-order valence-corrected chi connectivity index (χ3v) is 4.16. The van der Waals surface area contributed by atoms with Crippen molar-refractivity contribution in [1.82, 2.24) is 0 Å². The Balaban J connectivity index is 1.58. The van der Waals surface area contributed by atoms with Gasteiger partial charge in [0, 0.05) is 13.0 Å². The smallest absolute Gasteiger partial charge is 0.160 e. The highest BCUT2D eigenvalue weighted by molar-refractivity contribution is 5.42. The Morgan fingerprint density at radius 2 is 2.12 bits per heavy atom. The van der Waals surface area contributed by atoms with Crippen LogP contribution in [0.25, 0.3) is 0 Å². The first-order valence-electron chi connectivity index (χ1n) is 8.63. The Morgan fingerprint density at radius 3 is 2.83 bits per heavy atom. The van der Waals surface area contributed by atoms with Crippen LogP contribution in [0.2, 0.25) is 0 Å². The molecule has 3 N–H and O–H groups in total. The van der Waals surface area contributed by atoms with Crippen LogP contribution in [0.1, 0.15) is 18.4 Å². The molecule has 1 aromatic rings. The Bertz CT molecular complexity index is 476. The van der Waals surface area contributed by atoms with Crippen LogP contribution in [0.5, 0.6) is 11.5 Å². The molecule has 1 aliphatic rings. The van der Waals surface area contributed by atoms with Crippen LogP contribution in [-0.2, 0) is 15.9 Å². The topological polar surface area (TPSA) is 73.8 Å². The molecule has 0 amide bonds. The van der Waals surface area contributed by atoms with Gasteiger partial charge in [-0.15, -0.1) is 0 Å². The summed E-state index contributed by atoms with van der Waals surface area (Å²) in [7, 11) is 3.27. The summed E-state index contributed by atoms with van der Waals surface area (Å²) in [6.45, 7) is 3.33. The molecule has 0 aliphatic carbocycles. The summed E-state index contributed by atoms with van der Waals surface area (Å²) in [5.41, 5.74) is 1.19. The fourth-order valence-electron chi connectivity index (χ4n) is 2.79. The minimum atomic E-state index is -0.447. The van der Waals surface area contributed by atoms with Crippen molar-refractivity contribution in [2.75, 3.05) is 47.1 Å². The molecule has 6 heteroatoms.